The summed E-state index contributed by atoms with van der Waals surface area (Å²) in [5.74, 6) is 0.471. The van der Waals surface area contributed by atoms with E-state index in [1.54, 1.807) is 6.92 Å². The summed E-state index contributed by atoms with van der Waals surface area (Å²) >= 11 is 0. The third kappa shape index (κ3) is 4.76. The maximum atomic E-state index is 11.2. The summed E-state index contributed by atoms with van der Waals surface area (Å²) in [5.41, 5.74) is 0.800. The van der Waals surface area contributed by atoms with Crippen LogP contribution in [0.4, 0.5) is 5.69 Å². The van der Waals surface area contributed by atoms with Gasteiger partial charge in [0.05, 0.1) is 18.4 Å². The molecule has 94 valence electrons. The van der Waals surface area contributed by atoms with E-state index in [4.69, 9.17) is 9.47 Å². The second-order valence-corrected chi connectivity index (χ2v) is 3.82. The Labute approximate surface area is 102 Å². The fraction of sp³-hybridized carbons (Fsp3) is 0.462. The second kappa shape index (κ2) is 6.78. The van der Waals surface area contributed by atoms with E-state index in [9.17, 15) is 4.79 Å². The van der Waals surface area contributed by atoms with E-state index in [-0.39, 0.29) is 18.6 Å². The first-order chi connectivity index (χ1) is 8.13. The number of carbonyl (C=O) groups excluding carboxylic acids is 1. The van der Waals surface area contributed by atoms with Crippen LogP contribution in [0.15, 0.2) is 24.3 Å². The number of hydrogen-bond donors (Lipinski definition) is 1. The van der Waals surface area contributed by atoms with E-state index in [0.717, 1.165) is 11.4 Å². The molecule has 4 nitrogen and oxygen atoms in total. The molecule has 1 rings (SSSR count). The Kier molecular flexibility index (Phi) is 5.33. The van der Waals surface area contributed by atoms with Crippen LogP contribution >= 0.6 is 0 Å². The molecule has 0 saturated carbocycles. The number of hydrogen-bond acceptors (Lipinski definition) is 4. The molecule has 1 aromatic carbocycles. The number of para-hydroxylation sites is 2. The van der Waals surface area contributed by atoms with Gasteiger partial charge in [-0.1, -0.05) is 12.1 Å². The van der Waals surface area contributed by atoms with Gasteiger partial charge in [-0.2, -0.15) is 0 Å². The lowest BCUT2D eigenvalue weighted by molar-refractivity contribution is -0.140. The summed E-state index contributed by atoms with van der Waals surface area (Å²) in [6.45, 7) is 6.24. The van der Waals surface area contributed by atoms with Gasteiger partial charge in [-0.3, -0.25) is 4.79 Å². The second-order valence-electron chi connectivity index (χ2n) is 3.82. The van der Waals surface area contributed by atoms with Gasteiger partial charge < -0.3 is 14.8 Å². The predicted molar refractivity (Wildman–Crippen MR) is 67.3 cm³/mol. The molecule has 0 unspecified atom stereocenters. The van der Waals surface area contributed by atoms with Crippen molar-refractivity contribution in [3.8, 4) is 5.75 Å². The van der Waals surface area contributed by atoms with Crippen molar-refractivity contribution < 1.29 is 14.3 Å². The maximum Gasteiger partial charge on any atom is 0.325 e. The quantitative estimate of drug-likeness (QED) is 0.772. The summed E-state index contributed by atoms with van der Waals surface area (Å²) in [7, 11) is 0. The van der Waals surface area contributed by atoms with Crippen molar-refractivity contribution in [2.45, 2.75) is 26.9 Å². The number of rotatable bonds is 6. The minimum atomic E-state index is -0.271. The van der Waals surface area contributed by atoms with Crippen molar-refractivity contribution in [1.82, 2.24) is 0 Å². The SMILES string of the molecule is CCOC(=O)CNc1ccccc1OC(C)C. The molecule has 1 N–H and O–H groups in total. The molecule has 0 fully saturated rings. The zero-order valence-electron chi connectivity index (χ0n) is 10.5. The molecule has 0 radical (unpaired) electrons. The molecule has 0 spiro atoms. The smallest absolute Gasteiger partial charge is 0.325 e. The zero-order valence-corrected chi connectivity index (χ0v) is 10.5. The van der Waals surface area contributed by atoms with Crippen molar-refractivity contribution in [2.75, 3.05) is 18.5 Å². The minimum Gasteiger partial charge on any atom is -0.489 e. The molecule has 0 atom stereocenters. The highest BCUT2D eigenvalue weighted by Crippen LogP contribution is 2.24. The Morgan fingerprint density at radius 3 is 2.71 bits per heavy atom. The fourth-order valence-corrected chi connectivity index (χ4v) is 1.35. The van der Waals surface area contributed by atoms with Crippen LogP contribution in [0.25, 0.3) is 0 Å². The molecule has 0 bridgehead atoms. The highest BCUT2D eigenvalue weighted by atomic mass is 16.5. The Morgan fingerprint density at radius 1 is 1.35 bits per heavy atom. The van der Waals surface area contributed by atoms with E-state index < -0.39 is 0 Å². The van der Waals surface area contributed by atoms with Crippen LogP contribution in [0.5, 0.6) is 5.75 Å². The third-order valence-corrected chi connectivity index (χ3v) is 1.98. The number of anilines is 1. The van der Waals surface area contributed by atoms with Crippen molar-refractivity contribution in [1.29, 1.82) is 0 Å². The van der Waals surface area contributed by atoms with Crippen molar-refractivity contribution in [3.63, 3.8) is 0 Å². The van der Waals surface area contributed by atoms with Crippen LogP contribution in [-0.4, -0.2) is 25.2 Å². The Morgan fingerprint density at radius 2 is 2.06 bits per heavy atom. The number of esters is 1. The molecule has 1 aromatic rings. The highest BCUT2D eigenvalue weighted by Gasteiger charge is 2.06. The van der Waals surface area contributed by atoms with E-state index in [2.05, 4.69) is 5.32 Å². The highest BCUT2D eigenvalue weighted by molar-refractivity contribution is 5.75. The van der Waals surface area contributed by atoms with E-state index in [1.165, 1.54) is 0 Å². The van der Waals surface area contributed by atoms with Gasteiger partial charge >= 0.3 is 5.97 Å². The lowest BCUT2D eigenvalue weighted by Crippen LogP contribution is -2.17. The van der Waals surface area contributed by atoms with E-state index in [0.29, 0.717) is 6.61 Å². The monoisotopic (exact) mass is 237 g/mol. The van der Waals surface area contributed by atoms with Crippen LogP contribution in [0.2, 0.25) is 0 Å². The maximum absolute atomic E-state index is 11.2. The number of ether oxygens (including phenoxy) is 2. The van der Waals surface area contributed by atoms with Gasteiger partial charge in [0.25, 0.3) is 0 Å². The Balaban J connectivity index is 2.60. The molecule has 0 saturated heterocycles. The summed E-state index contributed by atoms with van der Waals surface area (Å²) < 4.78 is 10.5. The topological polar surface area (TPSA) is 47.6 Å². The fourth-order valence-electron chi connectivity index (χ4n) is 1.35. The minimum absolute atomic E-state index is 0.0977. The number of nitrogens with one attached hydrogen (secondary N) is 1. The van der Waals surface area contributed by atoms with Gasteiger partial charge in [-0.05, 0) is 32.9 Å². The van der Waals surface area contributed by atoms with Crippen LogP contribution in [0.1, 0.15) is 20.8 Å². The molecule has 0 amide bonds. The van der Waals surface area contributed by atoms with Crippen LogP contribution in [0.3, 0.4) is 0 Å². The molecule has 0 heterocycles. The summed E-state index contributed by atoms with van der Waals surface area (Å²) in [4.78, 5) is 11.2. The van der Waals surface area contributed by atoms with Gasteiger partial charge in [-0.15, -0.1) is 0 Å². The van der Waals surface area contributed by atoms with Crippen molar-refractivity contribution >= 4 is 11.7 Å². The lowest BCUT2D eigenvalue weighted by Gasteiger charge is -2.14. The molecule has 4 heteroatoms. The molecule has 0 aliphatic carbocycles. The average Bonchev–Trinajstić information content (AvgIpc) is 2.27. The van der Waals surface area contributed by atoms with Crippen molar-refractivity contribution in [2.24, 2.45) is 0 Å². The average molecular weight is 237 g/mol. The molecule has 17 heavy (non-hydrogen) atoms. The standard InChI is InChI=1S/C13H19NO3/c1-4-16-13(15)9-14-11-7-5-6-8-12(11)17-10(2)3/h5-8,10,14H,4,9H2,1-3H3. The summed E-state index contributed by atoms with van der Waals surface area (Å²) in [6, 6.07) is 7.53. The molecule has 0 aliphatic rings. The van der Waals surface area contributed by atoms with Gasteiger partial charge in [0, 0.05) is 0 Å². The number of benzene rings is 1. The van der Waals surface area contributed by atoms with Gasteiger partial charge in [0.1, 0.15) is 12.3 Å². The van der Waals surface area contributed by atoms with Gasteiger partial charge in [0.15, 0.2) is 0 Å². The van der Waals surface area contributed by atoms with Crippen molar-refractivity contribution in [3.05, 3.63) is 24.3 Å². The van der Waals surface area contributed by atoms with Crippen LogP contribution in [0, 0.1) is 0 Å². The van der Waals surface area contributed by atoms with Gasteiger partial charge in [0.2, 0.25) is 0 Å². The lowest BCUT2D eigenvalue weighted by atomic mass is 10.3. The molecular weight excluding hydrogens is 218 g/mol. The van der Waals surface area contributed by atoms with Crippen LogP contribution in [-0.2, 0) is 9.53 Å². The Bertz CT molecular complexity index is 363. The van der Waals surface area contributed by atoms with Crippen LogP contribution < -0.4 is 10.1 Å². The predicted octanol–water partition coefficient (Wildman–Crippen LogP) is 2.45. The largest absolute Gasteiger partial charge is 0.489 e. The number of carbonyl (C=O) groups is 1. The third-order valence-electron chi connectivity index (χ3n) is 1.98. The molecule has 0 aromatic heterocycles. The molecule has 0 aliphatic heterocycles. The van der Waals surface area contributed by atoms with E-state index in [1.807, 2.05) is 38.1 Å². The summed E-state index contributed by atoms with van der Waals surface area (Å²) in [6.07, 6.45) is 0.0977. The Hall–Kier alpha value is -1.71. The van der Waals surface area contributed by atoms with E-state index >= 15 is 0 Å². The van der Waals surface area contributed by atoms with Gasteiger partial charge in [-0.25, -0.2) is 0 Å². The zero-order chi connectivity index (χ0) is 12.7. The first-order valence-electron chi connectivity index (χ1n) is 5.78. The first-order valence-corrected chi connectivity index (χ1v) is 5.78. The summed E-state index contributed by atoms with van der Waals surface area (Å²) in [5, 5.41) is 3.00. The first kappa shape index (κ1) is 13.4. The molecular formula is C13H19NO3. The normalized spacial score (nSPS) is 10.1.